The Morgan fingerprint density at radius 3 is 2.91 bits per heavy atom. The number of halogens is 2. The Balaban J connectivity index is 1.66. The van der Waals surface area contributed by atoms with Gasteiger partial charge in [-0.05, 0) is 23.8 Å². The Morgan fingerprint density at radius 2 is 2.18 bits per heavy atom. The molecule has 3 atom stereocenters. The standard InChI is InChI=1S/C23H25BrFN5O3S/c1-30(32-2)20(31)19-17-12-34-22(28-21(26)27-11-14-6-4-3-5-7-14)29-23(17,13-33-19)16-10-15(24)8-9-18(16)25/h3-10,17,19H,11-13H2,1-2H3,(H3,26,27,28,29)/t17-,19+,23-/m1/s1. The highest BCUT2D eigenvalue weighted by Gasteiger charge is 2.57. The van der Waals surface area contributed by atoms with Crippen molar-refractivity contribution in [1.82, 2.24) is 10.4 Å². The first-order chi connectivity index (χ1) is 16.3. The molecule has 11 heteroatoms. The lowest BCUT2D eigenvalue weighted by Crippen LogP contribution is -2.48. The zero-order valence-corrected chi connectivity index (χ0v) is 21.1. The second-order valence-electron chi connectivity index (χ2n) is 7.94. The fraction of sp³-hybridized carbons (Fsp3) is 0.348. The number of carbonyl (C=O) groups excluding carboxylic acids is 1. The van der Waals surface area contributed by atoms with Gasteiger partial charge in [0.05, 0.1) is 20.3 Å². The number of likely N-dealkylation sites (N-methyl/N-ethyl adjacent to an activating group) is 1. The molecule has 1 amide bonds. The van der Waals surface area contributed by atoms with Gasteiger partial charge in [0.2, 0.25) is 0 Å². The van der Waals surface area contributed by atoms with E-state index in [0.717, 1.165) is 10.6 Å². The molecule has 1 fully saturated rings. The van der Waals surface area contributed by atoms with E-state index in [0.29, 0.717) is 27.5 Å². The first kappa shape index (κ1) is 24.6. The van der Waals surface area contributed by atoms with Crippen molar-refractivity contribution < 1.29 is 18.8 Å². The monoisotopic (exact) mass is 549 g/mol. The van der Waals surface area contributed by atoms with Crippen molar-refractivity contribution in [1.29, 1.82) is 0 Å². The molecule has 1 saturated heterocycles. The summed E-state index contributed by atoms with van der Waals surface area (Å²) in [4.78, 5) is 27.2. The quantitative estimate of drug-likeness (QED) is 0.337. The Hall–Kier alpha value is -2.47. The van der Waals surface area contributed by atoms with Gasteiger partial charge >= 0.3 is 0 Å². The number of guanidine groups is 1. The van der Waals surface area contributed by atoms with E-state index in [-0.39, 0.29) is 18.5 Å². The van der Waals surface area contributed by atoms with E-state index < -0.39 is 23.4 Å². The number of carbonyl (C=O) groups is 1. The number of hydrogen-bond donors (Lipinski definition) is 2. The number of rotatable bonds is 5. The van der Waals surface area contributed by atoms with Gasteiger partial charge in [-0.1, -0.05) is 58.0 Å². The largest absolute Gasteiger partial charge is 0.370 e. The van der Waals surface area contributed by atoms with Crippen molar-refractivity contribution in [3.63, 3.8) is 0 Å². The van der Waals surface area contributed by atoms with Crippen molar-refractivity contribution in [3.05, 3.63) is 69.9 Å². The SMILES string of the molecule is CON(C)C(=O)[C@H]1OC[C@]2(c3cc(Br)ccc3F)N=C(NC(N)=NCc3ccccc3)SC[C@H]12. The molecule has 0 saturated carbocycles. The summed E-state index contributed by atoms with van der Waals surface area (Å²) in [5, 5.41) is 4.65. The lowest BCUT2D eigenvalue weighted by Gasteiger charge is -2.36. The molecule has 4 rings (SSSR count). The number of thioether (sulfide) groups is 1. The normalized spacial score (nSPS) is 24.4. The van der Waals surface area contributed by atoms with Crippen LogP contribution in [-0.4, -0.2) is 54.7 Å². The van der Waals surface area contributed by atoms with Crippen LogP contribution in [-0.2, 0) is 26.5 Å². The zero-order chi connectivity index (χ0) is 24.3. The number of hydroxylamine groups is 2. The molecular formula is C23H25BrFN5O3S. The predicted octanol–water partition coefficient (Wildman–Crippen LogP) is 3.03. The maximum Gasteiger partial charge on any atom is 0.275 e. The molecule has 2 aliphatic rings. The number of hydrogen-bond acceptors (Lipinski definition) is 6. The maximum atomic E-state index is 15.1. The second-order valence-corrected chi connectivity index (χ2v) is 9.87. The maximum absolute atomic E-state index is 15.1. The lowest BCUT2D eigenvalue weighted by atomic mass is 9.78. The summed E-state index contributed by atoms with van der Waals surface area (Å²) in [5.41, 5.74) is 6.37. The first-order valence-electron chi connectivity index (χ1n) is 10.6. The highest BCUT2D eigenvalue weighted by atomic mass is 79.9. The van der Waals surface area contributed by atoms with E-state index in [1.165, 1.54) is 32.0 Å². The van der Waals surface area contributed by atoms with Crippen LogP contribution in [0.5, 0.6) is 0 Å². The third-order valence-corrected chi connectivity index (χ3v) is 7.38. The molecule has 0 aromatic heterocycles. The first-order valence-corrected chi connectivity index (χ1v) is 12.3. The number of fused-ring (bicyclic) bond motifs is 1. The van der Waals surface area contributed by atoms with E-state index in [1.54, 1.807) is 12.1 Å². The second kappa shape index (κ2) is 10.4. The van der Waals surface area contributed by atoms with Gasteiger partial charge < -0.3 is 15.8 Å². The van der Waals surface area contributed by atoms with Crippen molar-refractivity contribution in [3.8, 4) is 0 Å². The summed E-state index contributed by atoms with van der Waals surface area (Å²) < 4.78 is 21.7. The number of nitrogens with two attached hydrogens (primary N) is 1. The molecule has 180 valence electrons. The Kier molecular flexibility index (Phi) is 7.56. The van der Waals surface area contributed by atoms with Gasteiger partial charge in [0.15, 0.2) is 11.1 Å². The molecule has 0 unspecified atom stereocenters. The number of amidine groups is 1. The molecule has 8 nitrogen and oxygen atoms in total. The van der Waals surface area contributed by atoms with E-state index in [9.17, 15) is 4.79 Å². The van der Waals surface area contributed by atoms with E-state index in [4.69, 9.17) is 20.3 Å². The molecule has 2 aromatic rings. The Morgan fingerprint density at radius 1 is 1.41 bits per heavy atom. The minimum absolute atomic E-state index is 0.0335. The van der Waals surface area contributed by atoms with Crippen molar-refractivity contribution >= 4 is 44.7 Å². The molecule has 2 aromatic carbocycles. The van der Waals surface area contributed by atoms with Crippen molar-refractivity contribution in [2.75, 3.05) is 26.5 Å². The highest BCUT2D eigenvalue weighted by molar-refractivity contribution is 9.10. The van der Waals surface area contributed by atoms with Gasteiger partial charge in [0, 0.05) is 28.8 Å². The fourth-order valence-corrected chi connectivity index (χ4v) is 5.62. The van der Waals surface area contributed by atoms with Crippen LogP contribution in [0.1, 0.15) is 11.1 Å². The van der Waals surface area contributed by atoms with Crippen LogP contribution in [0, 0.1) is 11.7 Å². The van der Waals surface area contributed by atoms with Crippen molar-refractivity contribution in [2.24, 2.45) is 21.6 Å². The molecule has 0 spiro atoms. The van der Waals surface area contributed by atoms with E-state index in [2.05, 4.69) is 26.2 Å². The summed E-state index contributed by atoms with van der Waals surface area (Å²) in [6, 6.07) is 14.4. The third kappa shape index (κ3) is 4.97. The van der Waals surface area contributed by atoms with E-state index in [1.807, 2.05) is 30.3 Å². The number of nitrogens with zero attached hydrogens (tertiary/aromatic N) is 3. The average Bonchev–Trinajstić information content (AvgIpc) is 3.23. The number of nitrogens with one attached hydrogen (secondary N) is 1. The zero-order valence-electron chi connectivity index (χ0n) is 18.7. The van der Waals surface area contributed by atoms with Gasteiger partial charge in [-0.3, -0.25) is 9.63 Å². The van der Waals surface area contributed by atoms with Crippen LogP contribution >= 0.6 is 27.7 Å². The Labute approximate surface area is 209 Å². The van der Waals surface area contributed by atoms with Crippen molar-refractivity contribution in [2.45, 2.75) is 18.2 Å². The van der Waals surface area contributed by atoms with Crippen LogP contribution in [0.3, 0.4) is 0 Å². The summed E-state index contributed by atoms with van der Waals surface area (Å²) >= 11 is 4.81. The summed E-state index contributed by atoms with van der Waals surface area (Å²) in [6.07, 6.45) is -0.828. The predicted molar refractivity (Wildman–Crippen MR) is 134 cm³/mol. The van der Waals surface area contributed by atoms with E-state index >= 15 is 4.39 Å². The number of aliphatic imine (C=N–C) groups is 2. The molecule has 2 heterocycles. The minimum atomic E-state index is -1.12. The average molecular weight is 550 g/mol. The topological polar surface area (TPSA) is 102 Å². The lowest BCUT2D eigenvalue weighted by molar-refractivity contribution is -0.179. The van der Waals surface area contributed by atoms with Crippen LogP contribution in [0.25, 0.3) is 0 Å². The highest BCUT2D eigenvalue weighted by Crippen LogP contribution is 2.49. The Bertz CT molecular complexity index is 1120. The van der Waals surface area contributed by atoms with Gasteiger partial charge in [-0.25, -0.2) is 19.4 Å². The van der Waals surface area contributed by atoms with Gasteiger partial charge in [0.1, 0.15) is 17.5 Å². The number of ether oxygens (including phenoxy) is 1. The molecular weight excluding hydrogens is 525 g/mol. The molecule has 3 N–H and O–H groups in total. The minimum Gasteiger partial charge on any atom is -0.370 e. The third-order valence-electron chi connectivity index (χ3n) is 5.89. The van der Waals surface area contributed by atoms with Gasteiger partial charge in [-0.2, -0.15) is 0 Å². The molecule has 0 bridgehead atoms. The number of amides is 1. The fourth-order valence-electron chi connectivity index (χ4n) is 4.07. The summed E-state index contributed by atoms with van der Waals surface area (Å²) in [7, 11) is 2.92. The molecule has 2 aliphatic heterocycles. The van der Waals surface area contributed by atoms with Crippen LogP contribution in [0.2, 0.25) is 0 Å². The number of benzene rings is 2. The molecule has 0 aliphatic carbocycles. The van der Waals surface area contributed by atoms with Crippen LogP contribution in [0.15, 0.2) is 63.0 Å². The molecule has 34 heavy (non-hydrogen) atoms. The molecule has 0 radical (unpaired) electrons. The smallest absolute Gasteiger partial charge is 0.275 e. The van der Waals surface area contributed by atoms with Gasteiger partial charge in [-0.15, -0.1) is 0 Å². The van der Waals surface area contributed by atoms with Crippen LogP contribution in [0.4, 0.5) is 4.39 Å². The summed E-state index contributed by atoms with van der Waals surface area (Å²) in [5.74, 6) is -0.535. The van der Waals surface area contributed by atoms with Gasteiger partial charge in [0.25, 0.3) is 5.91 Å². The van der Waals surface area contributed by atoms with Crippen LogP contribution < -0.4 is 11.1 Å². The summed E-state index contributed by atoms with van der Waals surface area (Å²) in [6.45, 7) is 0.445.